The third-order valence-electron chi connectivity index (χ3n) is 1.55. The SMILES string of the molecule is FC(F)c1ccc(C(F)(F)F)c(Br)c1. The molecular formula is C8H4BrF5. The lowest BCUT2D eigenvalue weighted by atomic mass is 10.1. The second-order valence-corrected chi connectivity index (χ2v) is 3.39. The fraction of sp³-hybridized carbons (Fsp3) is 0.250. The van der Waals surface area contributed by atoms with Crippen LogP contribution in [0.15, 0.2) is 22.7 Å². The standard InChI is InChI=1S/C8H4BrF5/c9-6-3-4(7(10)11)1-2-5(6)8(12,13)14/h1-3,7H. The first kappa shape index (κ1) is 11.4. The third-order valence-corrected chi connectivity index (χ3v) is 2.21. The summed E-state index contributed by atoms with van der Waals surface area (Å²) in [7, 11) is 0. The highest BCUT2D eigenvalue weighted by atomic mass is 79.9. The Bertz CT molecular complexity index is 331. The smallest absolute Gasteiger partial charge is 0.205 e. The van der Waals surface area contributed by atoms with E-state index in [0.29, 0.717) is 6.07 Å². The second kappa shape index (κ2) is 3.84. The van der Waals surface area contributed by atoms with Crippen molar-refractivity contribution in [3.05, 3.63) is 33.8 Å². The Kier molecular flexibility index (Phi) is 3.14. The van der Waals surface area contributed by atoms with Crippen molar-refractivity contribution < 1.29 is 22.0 Å². The minimum atomic E-state index is -4.53. The van der Waals surface area contributed by atoms with Crippen molar-refractivity contribution in [1.82, 2.24) is 0 Å². The maximum atomic E-state index is 12.2. The normalized spacial score (nSPS) is 12.2. The highest BCUT2D eigenvalue weighted by Gasteiger charge is 2.33. The first-order valence-corrected chi connectivity index (χ1v) is 4.26. The van der Waals surface area contributed by atoms with Crippen LogP contribution in [0.25, 0.3) is 0 Å². The van der Waals surface area contributed by atoms with Gasteiger partial charge >= 0.3 is 6.18 Å². The van der Waals surface area contributed by atoms with E-state index in [9.17, 15) is 22.0 Å². The molecule has 0 nitrogen and oxygen atoms in total. The Hall–Kier alpha value is -0.650. The number of hydrogen-bond acceptors (Lipinski definition) is 0. The Morgan fingerprint density at radius 2 is 1.71 bits per heavy atom. The molecule has 1 rings (SSSR count). The van der Waals surface area contributed by atoms with E-state index < -0.39 is 23.7 Å². The lowest BCUT2D eigenvalue weighted by molar-refractivity contribution is -0.138. The molecule has 1 aromatic rings. The van der Waals surface area contributed by atoms with Crippen LogP contribution in [-0.4, -0.2) is 0 Å². The quantitative estimate of drug-likeness (QED) is 0.666. The van der Waals surface area contributed by atoms with Gasteiger partial charge in [0.05, 0.1) is 5.56 Å². The van der Waals surface area contributed by atoms with E-state index in [1.807, 2.05) is 0 Å². The Morgan fingerprint density at radius 3 is 2.07 bits per heavy atom. The molecule has 0 aromatic heterocycles. The van der Waals surface area contributed by atoms with Gasteiger partial charge in [-0.25, -0.2) is 8.78 Å². The molecule has 0 unspecified atom stereocenters. The molecule has 14 heavy (non-hydrogen) atoms. The lowest BCUT2D eigenvalue weighted by Crippen LogP contribution is -2.06. The van der Waals surface area contributed by atoms with Gasteiger partial charge in [-0.2, -0.15) is 13.2 Å². The Morgan fingerprint density at radius 1 is 1.14 bits per heavy atom. The predicted octanol–water partition coefficient (Wildman–Crippen LogP) is 4.41. The van der Waals surface area contributed by atoms with Crippen molar-refractivity contribution in [2.24, 2.45) is 0 Å². The van der Waals surface area contributed by atoms with Gasteiger partial charge < -0.3 is 0 Å². The maximum Gasteiger partial charge on any atom is 0.417 e. The Balaban J connectivity index is 3.15. The fourth-order valence-electron chi connectivity index (χ4n) is 0.897. The zero-order valence-corrected chi connectivity index (χ0v) is 8.16. The summed E-state index contributed by atoms with van der Waals surface area (Å²) in [4.78, 5) is 0. The summed E-state index contributed by atoms with van der Waals surface area (Å²) < 4.78 is 60.3. The van der Waals surface area contributed by atoms with Gasteiger partial charge in [0.25, 0.3) is 6.43 Å². The van der Waals surface area contributed by atoms with Crippen molar-refractivity contribution >= 4 is 15.9 Å². The van der Waals surface area contributed by atoms with Crippen molar-refractivity contribution in [3.8, 4) is 0 Å². The molecule has 0 aliphatic heterocycles. The molecule has 0 saturated heterocycles. The van der Waals surface area contributed by atoms with Gasteiger partial charge in [0, 0.05) is 10.0 Å². The summed E-state index contributed by atoms with van der Waals surface area (Å²) in [5, 5.41) is 0. The van der Waals surface area contributed by atoms with E-state index >= 15 is 0 Å². The molecule has 0 N–H and O–H groups in total. The van der Waals surface area contributed by atoms with Gasteiger partial charge in [-0.15, -0.1) is 0 Å². The number of halogens is 6. The van der Waals surface area contributed by atoms with E-state index in [0.717, 1.165) is 12.1 Å². The van der Waals surface area contributed by atoms with Crippen LogP contribution in [0.3, 0.4) is 0 Å². The molecule has 0 saturated carbocycles. The minimum Gasteiger partial charge on any atom is -0.205 e. The van der Waals surface area contributed by atoms with Gasteiger partial charge in [0.1, 0.15) is 0 Å². The minimum absolute atomic E-state index is 0.372. The predicted molar refractivity (Wildman–Crippen MR) is 44.1 cm³/mol. The van der Waals surface area contributed by atoms with Gasteiger partial charge in [-0.1, -0.05) is 22.0 Å². The summed E-state index contributed by atoms with van der Waals surface area (Å²) in [6, 6.07) is 2.16. The summed E-state index contributed by atoms with van der Waals surface area (Å²) in [5.41, 5.74) is -1.40. The van der Waals surface area contributed by atoms with Crippen LogP contribution in [0.2, 0.25) is 0 Å². The molecule has 0 aliphatic carbocycles. The molecule has 0 spiro atoms. The van der Waals surface area contributed by atoms with Gasteiger partial charge in [0.2, 0.25) is 0 Å². The molecule has 0 fully saturated rings. The van der Waals surface area contributed by atoms with E-state index in [-0.39, 0.29) is 4.47 Å². The highest BCUT2D eigenvalue weighted by molar-refractivity contribution is 9.10. The van der Waals surface area contributed by atoms with Crippen LogP contribution < -0.4 is 0 Å². The number of alkyl halides is 5. The molecule has 0 atom stereocenters. The second-order valence-electron chi connectivity index (χ2n) is 2.54. The molecule has 0 amide bonds. The van der Waals surface area contributed by atoms with Crippen LogP contribution in [0.1, 0.15) is 17.6 Å². The van der Waals surface area contributed by atoms with Gasteiger partial charge in [-0.3, -0.25) is 0 Å². The van der Waals surface area contributed by atoms with Crippen molar-refractivity contribution in [2.45, 2.75) is 12.6 Å². The maximum absolute atomic E-state index is 12.2. The number of rotatable bonds is 1. The summed E-state index contributed by atoms with van der Waals surface area (Å²) >= 11 is 2.60. The van der Waals surface area contributed by atoms with E-state index in [1.165, 1.54) is 0 Å². The van der Waals surface area contributed by atoms with Gasteiger partial charge in [0.15, 0.2) is 0 Å². The van der Waals surface area contributed by atoms with Gasteiger partial charge in [-0.05, 0) is 12.1 Å². The third kappa shape index (κ3) is 2.43. The van der Waals surface area contributed by atoms with Crippen molar-refractivity contribution in [1.29, 1.82) is 0 Å². The fourth-order valence-corrected chi connectivity index (χ4v) is 1.52. The Labute approximate surface area is 84.9 Å². The number of hydrogen-bond donors (Lipinski definition) is 0. The van der Waals surface area contributed by atoms with Crippen molar-refractivity contribution in [3.63, 3.8) is 0 Å². The van der Waals surface area contributed by atoms with Crippen LogP contribution in [0, 0.1) is 0 Å². The molecule has 1 aromatic carbocycles. The number of benzene rings is 1. The first-order valence-electron chi connectivity index (χ1n) is 3.47. The zero-order valence-electron chi connectivity index (χ0n) is 6.58. The van der Waals surface area contributed by atoms with E-state index in [1.54, 1.807) is 0 Å². The molecule has 0 radical (unpaired) electrons. The molecular weight excluding hydrogens is 271 g/mol. The van der Waals surface area contributed by atoms with Crippen LogP contribution in [0.5, 0.6) is 0 Å². The topological polar surface area (TPSA) is 0 Å². The molecule has 6 heteroatoms. The van der Waals surface area contributed by atoms with Crippen LogP contribution in [0.4, 0.5) is 22.0 Å². The van der Waals surface area contributed by atoms with E-state index in [2.05, 4.69) is 15.9 Å². The monoisotopic (exact) mass is 274 g/mol. The lowest BCUT2D eigenvalue weighted by Gasteiger charge is -2.09. The average Bonchev–Trinajstić information content (AvgIpc) is 2.01. The summed E-state index contributed by atoms with van der Waals surface area (Å²) in [5.74, 6) is 0. The average molecular weight is 275 g/mol. The summed E-state index contributed by atoms with van der Waals surface area (Å²) in [6.07, 6.45) is -7.30. The molecule has 0 aliphatic rings. The highest BCUT2D eigenvalue weighted by Crippen LogP contribution is 2.36. The largest absolute Gasteiger partial charge is 0.417 e. The zero-order chi connectivity index (χ0) is 10.9. The van der Waals surface area contributed by atoms with Crippen LogP contribution in [-0.2, 0) is 6.18 Å². The van der Waals surface area contributed by atoms with E-state index in [4.69, 9.17) is 0 Å². The molecule has 0 heterocycles. The molecule has 0 bridgehead atoms. The van der Waals surface area contributed by atoms with Crippen molar-refractivity contribution in [2.75, 3.05) is 0 Å². The summed E-state index contributed by atoms with van der Waals surface area (Å²) in [6.45, 7) is 0. The molecule has 78 valence electrons. The van der Waals surface area contributed by atoms with Crippen LogP contribution >= 0.6 is 15.9 Å². The first-order chi connectivity index (χ1) is 6.32.